The highest BCUT2D eigenvalue weighted by molar-refractivity contribution is 6.02. The number of hydrogen-bond acceptors (Lipinski definition) is 29. The van der Waals surface area contributed by atoms with Gasteiger partial charge in [-0.2, -0.15) is 0 Å². The van der Waals surface area contributed by atoms with Gasteiger partial charge in [0.25, 0.3) is 0 Å². The van der Waals surface area contributed by atoms with Crippen molar-refractivity contribution in [2.75, 3.05) is 45.8 Å². The van der Waals surface area contributed by atoms with Crippen molar-refractivity contribution in [3.63, 3.8) is 0 Å². The number of amides is 23. The number of phenolic OH excluding ortho intramolecular Hbond substituents is 1. The number of benzene rings is 1. The van der Waals surface area contributed by atoms with Crippen LogP contribution in [-0.2, 0) is 117 Å². The van der Waals surface area contributed by atoms with E-state index in [1.165, 1.54) is 24.3 Å². The van der Waals surface area contributed by atoms with E-state index in [4.69, 9.17) is 57.3 Å². The number of phenols is 1. The molecule has 0 heterocycles. The fraction of sp³-hybridized carbons (Fsp3) is 0.701. The number of nitrogens with one attached hydrogen (secondary N) is 18. The zero-order chi connectivity index (χ0) is 112. The highest BCUT2D eigenvalue weighted by atomic mass is 16.3. The first-order valence-electron chi connectivity index (χ1n) is 52.0. The molecule has 39 N–H and O–H groups in total. The van der Waals surface area contributed by atoms with E-state index in [1.54, 1.807) is 27.7 Å². The van der Waals surface area contributed by atoms with Gasteiger partial charge < -0.3 is 158 Å². The van der Waals surface area contributed by atoms with Crippen LogP contribution in [-0.4, -0.2) is 283 Å². The van der Waals surface area contributed by atoms with Gasteiger partial charge in [-0.15, -0.1) is 0 Å². The van der Waals surface area contributed by atoms with E-state index < -0.39 is 304 Å². The van der Waals surface area contributed by atoms with E-state index >= 15 is 0 Å². The molecule has 0 aliphatic rings. The molecule has 16 atom stereocenters. The van der Waals surface area contributed by atoms with Crippen LogP contribution in [0.4, 0.5) is 0 Å². The number of unbranched alkanes of at least 4 members (excludes halogenated alkanes) is 7. The number of carbonyl (C=O) groups excluding carboxylic acids is 23. The molecule has 0 saturated carbocycles. The first-order chi connectivity index (χ1) is 70.9. The predicted molar refractivity (Wildman–Crippen MR) is 551 cm³/mol. The molecule has 0 aliphatic heterocycles. The Bertz CT molecular complexity index is 4440. The fourth-order valence-electron chi connectivity index (χ4n) is 15.3. The fourth-order valence-corrected chi connectivity index (χ4v) is 15.3. The molecule has 0 bridgehead atoms. The molecule has 0 unspecified atom stereocenters. The van der Waals surface area contributed by atoms with Crippen molar-refractivity contribution in [2.45, 2.75) is 389 Å². The van der Waals surface area contributed by atoms with E-state index in [2.05, 4.69) is 95.7 Å². The lowest BCUT2D eigenvalue weighted by Crippen LogP contribution is -2.61. The monoisotopic (exact) mass is 2110 g/mol. The first kappa shape index (κ1) is 134. The van der Waals surface area contributed by atoms with Crippen molar-refractivity contribution < 1.29 is 115 Å². The summed E-state index contributed by atoms with van der Waals surface area (Å²) in [5.74, 6) is -20.9. The summed E-state index contributed by atoms with van der Waals surface area (Å²) < 4.78 is 0. The van der Waals surface area contributed by atoms with E-state index in [0.29, 0.717) is 89.0 Å². The second-order valence-corrected chi connectivity index (χ2v) is 36.8. The molecule has 0 fully saturated rings. The van der Waals surface area contributed by atoms with Crippen molar-refractivity contribution in [3.8, 4) is 5.75 Å². The average molecular weight is 2110 g/mol. The first-order valence-corrected chi connectivity index (χ1v) is 52.0. The maximum absolute atomic E-state index is 14.7. The smallest absolute Gasteiger partial charge is 0.243 e. The Balaban J connectivity index is 3.66. The largest absolute Gasteiger partial charge is 0.508 e. The molecule has 0 aliphatic carbocycles. The Labute approximate surface area is 870 Å². The number of aromatic hydroxyl groups is 1. The van der Waals surface area contributed by atoms with Crippen LogP contribution < -0.4 is 153 Å². The van der Waals surface area contributed by atoms with E-state index in [0.717, 1.165) is 0 Å². The molecule has 1 aromatic rings. The van der Waals surface area contributed by atoms with Crippen LogP contribution in [0.5, 0.6) is 5.75 Å². The SMILES string of the molecule is CCCC[C@H](NC(=O)CN)C(=O)N[C@@H](CCCC)C(=O)N[C@@H](CCC(N)=O)C(=O)N[C@@H](CCC(N)=O)C(=O)N[C@@H](CCCC)C(=O)NCC(=O)N[C@@H](CCCN)C(=O)N[C@@H](CCCN)C(=O)N[C@@H](CCCC)C(=O)N[C@@H](CCCN)C(=O)N[C@@H](CCC(N)=O)C(=O)N[C@@H](CCCC)C(=O)N[C@@H](CCCC)C(=O)N[C@@H](CCC(N)=O)C(=O)N[C@@H](CCCN)C(=O)N[C@@H](CCCC)C(=O)NCC(=O)N[C@@H](Cc1ccc(O)cc1)C(N)=O. The summed E-state index contributed by atoms with van der Waals surface area (Å²) in [6.07, 6.45) is 2.28. The van der Waals surface area contributed by atoms with Crippen LogP contribution in [0, 0.1) is 0 Å². The van der Waals surface area contributed by atoms with Crippen molar-refractivity contribution in [2.24, 2.45) is 57.3 Å². The zero-order valence-electron chi connectivity index (χ0n) is 87.5. The van der Waals surface area contributed by atoms with Crippen molar-refractivity contribution in [1.29, 1.82) is 0 Å². The highest BCUT2D eigenvalue weighted by Gasteiger charge is 2.40. The van der Waals surface area contributed by atoms with Gasteiger partial charge in [0, 0.05) is 32.1 Å². The molecule has 52 heteroatoms. The van der Waals surface area contributed by atoms with Gasteiger partial charge in [-0.3, -0.25) is 110 Å². The molecule has 842 valence electrons. The topological polar surface area (TPSA) is 890 Å². The highest BCUT2D eigenvalue weighted by Crippen LogP contribution is 2.18. The number of rotatable bonds is 84. The number of primary amides is 5. The standard InChI is InChI=1S/C97H170N28O24/c1-8-15-26-59(83(135)109-56-81(133)112-74(82(107)134)53-57-37-39-58(126)40-38-57)113-91(143)67(34-23-50-99)121-96(148)72(43-47-77(105)129)122-90(142)66(32-21-14-7)116-87(139)64(30-19-12-5)118-95(147)71(42-46-76(104)128)124-93(145)69(36-25-52-101)120-88(140)63(29-18-11-4)117-92(144)68(35-24-51-100)119-86(138)62(33-22-49-98)111-80(132)55-108-84(136)60(27-16-9-2)114-94(146)70(41-45-75(103)127)125-97(149)73(44-48-78(106)130)123-89(141)65(31-20-13-6)115-85(137)61(28-17-10-3)110-79(131)54-102/h37-40,59-74,126H,8-36,41-56,98-102H2,1-7H3,(H2,103,127)(H2,104,128)(H2,105,129)(H2,106,130)(H2,107,134)(H,108,136)(H,109,135)(H,110,131)(H,111,132)(H,112,133)(H,113,143)(H,114,146)(H,115,137)(H,116,139)(H,117,144)(H,118,147)(H,119,138)(H,120,140)(H,121,148)(H,122,142)(H,123,141)(H,124,145)(H,125,149)/t59-,60-,61-,62-,63-,64-,65-,66-,67-,68-,69-,70-,71-,72-,73-,74-/m0/s1. The summed E-state index contributed by atoms with van der Waals surface area (Å²) in [5.41, 5.74) is 57.4. The minimum atomic E-state index is -1.67. The summed E-state index contributed by atoms with van der Waals surface area (Å²) >= 11 is 0. The van der Waals surface area contributed by atoms with Crippen molar-refractivity contribution in [1.82, 2.24) is 95.7 Å². The molecule has 149 heavy (non-hydrogen) atoms. The molecule has 0 aromatic heterocycles. The third kappa shape index (κ3) is 56.6. The van der Waals surface area contributed by atoms with Crippen LogP contribution in [0.15, 0.2) is 24.3 Å². The van der Waals surface area contributed by atoms with Gasteiger partial charge in [-0.05, 0) is 166 Å². The average Bonchev–Trinajstić information content (AvgIpc) is 0.793. The minimum absolute atomic E-state index is 0.000396. The lowest BCUT2D eigenvalue weighted by molar-refractivity contribution is -0.136. The van der Waals surface area contributed by atoms with Crippen LogP contribution in [0.3, 0.4) is 0 Å². The molecule has 0 spiro atoms. The Morgan fingerprint density at radius 1 is 0.221 bits per heavy atom. The van der Waals surface area contributed by atoms with Crippen LogP contribution in [0.1, 0.15) is 292 Å². The Kier molecular flexibility index (Phi) is 69.1. The van der Waals surface area contributed by atoms with Gasteiger partial charge in [-0.25, -0.2) is 0 Å². The Morgan fingerprint density at radius 3 is 0.564 bits per heavy atom. The molecule has 0 saturated heterocycles. The normalized spacial score (nSPS) is 14.3. The van der Waals surface area contributed by atoms with Gasteiger partial charge in [0.2, 0.25) is 136 Å². The second kappa shape index (κ2) is 77.1. The van der Waals surface area contributed by atoms with E-state index in [1.807, 2.05) is 20.8 Å². The van der Waals surface area contributed by atoms with Gasteiger partial charge in [0.15, 0.2) is 0 Å². The molecule has 1 rings (SSSR count). The number of hydrogen-bond donors (Lipinski definition) is 29. The number of carbonyl (C=O) groups is 23. The zero-order valence-corrected chi connectivity index (χ0v) is 87.5. The molecular weight excluding hydrogens is 1940 g/mol. The van der Waals surface area contributed by atoms with E-state index in [9.17, 15) is 115 Å². The van der Waals surface area contributed by atoms with Gasteiger partial charge in [0.05, 0.1) is 19.6 Å². The quantitative estimate of drug-likeness (QED) is 0.0288. The van der Waals surface area contributed by atoms with Crippen LogP contribution in [0.25, 0.3) is 0 Å². The second-order valence-electron chi connectivity index (χ2n) is 36.8. The van der Waals surface area contributed by atoms with Gasteiger partial charge in [0.1, 0.15) is 102 Å². The molecule has 0 radical (unpaired) electrons. The Morgan fingerprint density at radius 2 is 0.389 bits per heavy atom. The molecule has 23 amide bonds. The molecular formula is C97H170N28O24. The minimum Gasteiger partial charge on any atom is -0.508 e. The summed E-state index contributed by atoms with van der Waals surface area (Å²) in [6.45, 7) is 10.7. The lowest BCUT2D eigenvalue weighted by Gasteiger charge is -2.28. The van der Waals surface area contributed by atoms with Crippen LogP contribution in [0.2, 0.25) is 0 Å². The van der Waals surface area contributed by atoms with Crippen molar-refractivity contribution in [3.05, 3.63) is 29.8 Å². The van der Waals surface area contributed by atoms with Gasteiger partial charge in [-0.1, -0.05) is 150 Å². The third-order valence-electron chi connectivity index (χ3n) is 24.0. The van der Waals surface area contributed by atoms with Crippen molar-refractivity contribution >= 4 is 136 Å². The summed E-state index contributed by atoms with van der Waals surface area (Å²) in [5, 5.41) is 55.9. The van der Waals surface area contributed by atoms with E-state index in [-0.39, 0.29) is 141 Å². The summed E-state index contributed by atoms with van der Waals surface area (Å²) in [4.78, 5) is 316. The summed E-state index contributed by atoms with van der Waals surface area (Å²) in [6, 6.07) is -17.3. The molecule has 52 nitrogen and oxygen atoms in total. The predicted octanol–water partition coefficient (Wildman–Crippen LogP) is -6.28. The maximum atomic E-state index is 14.7. The molecule has 1 aromatic carbocycles. The lowest BCUT2D eigenvalue weighted by atomic mass is 10.0. The van der Waals surface area contributed by atoms with Gasteiger partial charge >= 0.3 is 0 Å². The third-order valence-corrected chi connectivity index (χ3v) is 24.0. The maximum Gasteiger partial charge on any atom is 0.243 e. The number of nitrogens with two attached hydrogens (primary N) is 10. The Hall–Kier alpha value is -13.4. The van der Waals surface area contributed by atoms with Crippen LogP contribution >= 0.6 is 0 Å². The summed E-state index contributed by atoms with van der Waals surface area (Å²) in [7, 11) is 0.